The zero-order valence-corrected chi connectivity index (χ0v) is 13.9. The molecule has 0 heterocycles. The molecule has 0 bridgehead atoms. The van der Waals surface area contributed by atoms with E-state index in [1.165, 1.54) is 36.8 Å². The summed E-state index contributed by atoms with van der Waals surface area (Å²) in [6, 6.07) is 6.93. The molecule has 2 N–H and O–H groups in total. The molecule has 0 aliphatic heterocycles. The molecule has 2 heteroatoms. The lowest BCUT2D eigenvalue weighted by Crippen LogP contribution is -2.62. The van der Waals surface area contributed by atoms with Gasteiger partial charge >= 0.3 is 0 Å². The number of nitrogens with two attached hydrogens (primary N) is 1. The van der Waals surface area contributed by atoms with Gasteiger partial charge in [-0.15, -0.1) is 0 Å². The highest BCUT2D eigenvalue weighted by Crippen LogP contribution is 2.54. The number of ether oxygens (including phenoxy) is 1. The maximum absolute atomic E-state index is 6.49. The van der Waals surface area contributed by atoms with Gasteiger partial charge < -0.3 is 10.5 Å². The highest BCUT2D eigenvalue weighted by atomic mass is 16.5. The summed E-state index contributed by atoms with van der Waals surface area (Å²) >= 11 is 0. The van der Waals surface area contributed by atoms with E-state index in [0.717, 1.165) is 12.2 Å². The van der Waals surface area contributed by atoms with E-state index in [1.54, 1.807) is 0 Å². The fraction of sp³-hybridized carbons (Fsp3) is 0.684. The molecule has 2 nitrogen and oxygen atoms in total. The van der Waals surface area contributed by atoms with Crippen molar-refractivity contribution in [1.82, 2.24) is 0 Å². The molecule has 116 valence electrons. The molecule has 2 saturated carbocycles. The zero-order chi connectivity index (χ0) is 15.3. The Morgan fingerprint density at radius 3 is 2.43 bits per heavy atom. The second-order valence-corrected chi connectivity index (χ2v) is 8.14. The molecule has 0 radical (unpaired) electrons. The highest BCUT2D eigenvalue weighted by molar-refractivity contribution is 5.41. The average Bonchev–Trinajstić information content (AvgIpc) is 2.91. The van der Waals surface area contributed by atoms with E-state index >= 15 is 0 Å². The van der Waals surface area contributed by atoms with Crippen molar-refractivity contribution in [1.29, 1.82) is 0 Å². The summed E-state index contributed by atoms with van der Waals surface area (Å²) < 4.78 is 6.49. The van der Waals surface area contributed by atoms with Crippen LogP contribution in [-0.4, -0.2) is 12.1 Å². The van der Waals surface area contributed by atoms with Crippen molar-refractivity contribution in [2.75, 3.05) is 0 Å². The van der Waals surface area contributed by atoms with Gasteiger partial charge in [0.1, 0.15) is 11.9 Å². The summed E-state index contributed by atoms with van der Waals surface area (Å²) in [4.78, 5) is 0. The summed E-state index contributed by atoms with van der Waals surface area (Å²) in [7, 11) is 0. The summed E-state index contributed by atoms with van der Waals surface area (Å²) in [5.74, 6) is 1.07. The zero-order valence-electron chi connectivity index (χ0n) is 13.9. The molecular weight excluding hydrogens is 258 g/mol. The second-order valence-electron chi connectivity index (χ2n) is 8.14. The monoisotopic (exact) mass is 287 g/mol. The van der Waals surface area contributed by atoms with Gasteiger partial charge in [-0.2, -0.15) is 0 Å². The Morgan fingerprint density at radius 2 is 1.86 bits per heavy atom. The molecule has 0 aromatic heterocycles. The molecule has 0 saturated heterocycles. The summed E-state index contributed by atoms with van der Waals surface area (Å²) in [6.07, 6.45) is 6.45. The van der Waals surface area contributed by atoms with Gasteiger partial charge in [-0.1, -0.05) is 51.3 Å². The maximum Gasteiger partial charge on any atom is 0.123 e. The largest absolute Gasteiger partial charge is 0.489 e. The fourth-order valence-electron chi connectivity index (χ4n) is 4.16. The van der Waals surface area contributed by atoms with Crippen molar-refractivity contribution < 1.29 is 4.74 Å². The minimum absolute atomic E-state index is 0.107. The molecule has 2 aliphatic rings. The van der Waals surface area contributed by atoms with Gasteiger partial charge in [-0.25, -0.2) is 0 Å². The van der Waals surface area contributed by atoms with Gasteiger partial charge in [0.2, 0.25) is 0 Å². The number of aryl methyl sites for hydroxylation is 1. The predicted molar refractivity (Wildman–Crippen MR) is 87.8 cm³/mol. The SMILES string of the molecule is Cc1ccc(OC2CC(N)C23CCCC3)c(C(C)(C)C)c1. The topological polar surface area (TPSA) is 35.2 Å². The minimum atomic E-state index is 0.107. The maximum atomic E-state index is 6.49. The van der Waals surface area contributed by atoms with Crippen molar-refractivity contribution in [3.8, 4) is 5.75 Å². The molecule has 2 fully saturated rings. The Kier molecular flexibility index (Phi) is 3.56. The van der Waals surface area contributed by atoms with E-state index in [-0.39, 0.29) is 10.8 Å². The number of benzene rings is 1. The van der Waals surface area contributed by atoms with Crippen LogP contribution in [0.15, 0.2) is 18.2 Å². The Hall–Kier alpha value is -1.02. The molecule has 2 aliphatic carbocycles. The Bertz CT molecular complexity index is 523. The van der Waals surface area contributed by atoms with Crippen LogP contribution in [0, 0.1) is 12.3 Å². The highest BCUT2D eigenvalue weighted by Gasteiger charge is 2.56. The van der Waals surface area contributed by atoms with Gasteiger partial charge in [0.25, 0.3) is 0 Å². The summed E-state index contributed by atoms with van der Waals surface area (Å²) in [5, 5.41) is 0. The van der Waals surface area contributed by atoms with Crippen molar-refractivity contribution in [2.45, 2.75) is 77.4 Å². The Balaban J connectivity index is 1.86. The molecule has 1 aromatic rings. The average molecular weight is 287 g/mol. The lowest BCUT2D eigenvalue weighted by Gasteiger charge is -2.52. The van der Waals surface area contributed by atoms with Crippen molar-refractivity contribution in [3.63, 3.8) is 0 Å². The third kappa shape index (κ3) is 2.48. The van der Waals surface area contributed by atoms with Crippen LogP contribution in [0.5, 0.6) is 5.75 Å². The fourth-order valence-corrected chi connectivity index (χ4v) is 4.16. The Morgan fingerprint density at radius 1 is 1.19 bits per heavy atom. The van der Waals surface area contributed by atoms with E-state index in [2.05, 4.69) is 45.9 Å². The van der Waals surface area contributed by atoms with Gasteiger partial charge in [0.05, 0.1) is 0 Å². The van der Waals surface area contributed by atoms with Crippen LogP contribution in [0.4, 0.5) is 0 Å². The van der Waals surface area contributed by atoms with Crippen LogP contribution < -0.4 is 10.5 Å². The Labute approximate surface area is 129 Å². The van der Waals surface area contributed by atoms with Gasteiger partial charge in [-0.3, -0.25) is 0 Å². The third-order valence-electron chi connectivity index (χ3n) is 5.59. The van der Waals surface area contributed by atoms with Crippen molar-refractivity contribution in [2.24, 2.45) is 11.1 Å². The molecule has 21 heavy (non-hydrogen) atoms. The van der Waals surface area contributed by atoms with E-state index < -0.39 is 0 Å². The van der Waals surface area contributed by atoms with Crippen LogP contribution in [0.25, 0.3) is 0 Å². The lowest BCUT2D eigenvalue weighted by atomic mass is 9.61. The van der Waals surface area contributed by atoms with Crippen molar-refractivity contribution >= 4 is 0 Å². The summed E-state index contributed by atoms with van der Waals surface area (Å²) in [6.45, 7) is 8.92. The second kappa shape index (κ2) is 5.01. The van der Waals surface area contributed by atoms with Crippen LogP contribution in [0.2, 0.25) is 0 Å². The third-order valence-corrected chi connectivity index (χ3v) is 5.59. The van der Waals surface area contributed by atoms with Gasteiger partial charge in [0, 0.05) is 17.9 Å². The van der Waals surface area contributed by atoms with E-state index in [1.807, 2.05) is 0 Å². The predicted octanol–water partition coefficient (Wildman–Crippen LogP) is 4.33. The van der Waals surface area contributed by atoms with Crippen LogP contribution >= 0.6 is 0 Å². The van der Waals surface area contributed by atoms with Crippen LogP contribution in [0.3, 0.4) is 0 Å². The van der Waals surface area contributed by atoms with Gasteiger partial charge in [0.15, 0.2) is 0 Å². The molecule has 2 atom stereocenters. The van der Waals surface area contributed by atoms with Crippen molar-refractivity contribution in [3.05, 3.63) is 29.3 Å². The number of hydrogen-bond acceptors (Lipinski definition) is 2. The summed E-state index contributed by atoms with van der Waals surface area (Å²) in [5.41, 5.74) is 9.32. The molecule has 2 unspecified atom stereocenters. The van der Waals surface area contributed by atoms with Crippen LogP contribution in [-0.2, 0) is 5.41 Å². The molecular formula is C19H29NO. The first-order valence-corrected chi connectivity index (χ1v) is 8.36. The smallest absolute Gasteiger partial charge is 0.123 e. The molecule has 1 aromatic carbocycles. The van der Waals surface area contributed by atoms with E-state index in [9.17, 15) is 0 Å². The van der Waals surface area contributed by atoms with Gasteiger partial charge in [-0.05, 0) is 36.8 Å². The molecule has 0 amide bonds. The quantitative estimate of drug-likeness (QED) is 0.878. The number of hydrogen-bond donors (Lipinski definition) is 1. The molecule has 3 rings (SSSR count). The minimum Gasteiger partial charge on any atom is -0.489 e. The first kappa shape index (κ1) is 14.9. The first-order valence-electron chi connectivity index (χ1n) is 8.36. The van der Waals surface area contributed by atoms with E-state index in [4.69, 9.17) is 10.5 Å². The van der Waals surface area contributed by atoms with Crippen LogP contribution in [0.1, 0.15) is 64.0 Å². The standard InChI is InChI=1S/C19H29NO/c1-13-7-8-15(14(11-13)18(2,3)4)21-17-12-16(20)19(17)9-5-6-10-19/h7-8,11,16-17H,5-6,9-10,12,20H2,1-4H3. The van der Waals surface area contributed by atoms with E-state index in [0.29, 0.717) is 12.1 Å². The number of rotatable bonds is 2. The first-order chi connectivity index (χ1) is 9.83. The lowest BCUT2D eigenvalue weighted by molar-refractivity contribution is -0.0627. The molecule has 1 spiro atoms. The normalized spacial score (nSPS) is 27.7.